The fourth-order valence-electron chi connectivity index (χ4n) is 6.45. The minimum atomic E-state index is 0.814. The Labute approximate surface area is 233 Å². The third kappa shape index (κ3) is 3.72. The normalized spacial score (nSPS) is 11.7. The summed E-state index contributed by atoms with van der Waals surface area (Å²) in [5.41, 5.74) is 10.2. The molecule has 0 aliphatic heterocycles. The highest BCUT2D eigenvalue weighted by Crippen LogP contribution is 2.33. The first-order valence-electron chi connectivity index (χ1n) is 13.9. The highest BCUT2D eigenvalue weighted by molar-refractivity contribution is 6.09. The highest BCUT2D eigenvalue weighted by atomic mass is 15.0. The summed E-state index contributed by atoms with van der Waals surface area (Å²) in [5.74, 6) is 0. The first kappa shape index (κ1) is 22.9. The van der Waals surface area contributed by atoms with E-state index in [1.165, 1.54) is 65.9 Å². The van der Waals surface area contributed by atoms with Crippen molar-refractivity contribution in [3.63, 3.8) is 0 Å². The van der Waals surface area contributed by atoms with Crippen LogP contribution in [0.2, 0.25) is 0 Å². The third-order valence-corrected chi connectivity index (χ3v) is 8.20. The molecule has 0 spiro atoms. The molecule has 0 N–H and O–H groups in total. The second kappa shape index (κ2) is 9.29. The van der Waals surface area contributed by atoms with Crippen LogP contribution in [0.15, 0.2) is 146 Å². The van der Waals surface area contributed by atoms with Crippen molar-refractivity contribution in [2.24, 2.45) is 0 Å². The van der Waals surface area contributed by atoms with Gasteiger partial charge in [0.25, 0.3) is 0 Å². The number of para-hydroxylation sites is 4. The fourth-order valence-corrected chi connectivity index (χ4v) is 6.45. The molecule has 0 atom stereocenters. The van der Waals surface area contributed by atoms with Crippen molar-refractivity contribution < 1.29 is 0 Å². The van der Waals surface area contributed by atoms with Crippen LogP contribution in [0.5, 0.6) is 0 Å². The maximum Gasteiger partial charge on any atom is 0.0494 e. The number of hydrogen-bond acceptors (Lipinski definition) is 0. The Balaban J connectivity index is 1.30. The minimum absolute atomic E-state index is 0.814. The molecular formula is C38H28N2. The second-order valence-electron chi connectivity index (χ2n) is 10.6. The Bertz CT molecular complexity index is 1920. The Kier molecular flexibility index (Phi) is 5.31. The molecule has 40 heavy (non-hydrogen) atoms. The largest absolute Gasteiger partial charge is 0.336 e. The Morgan fingerprint density at radius 2 is 0.675 bits per heavy atom. The molecule has 8 rings (SSSR count). The van der Waals surface area contributed by atoms with Crippen molar-refractivity contribution >= 4 is 43.6 Å². The van der Waals surface area contributed by atoms with Gasteiger partial charge >= 0.3 is 0 Å². The zero-order valence-corrected chi connectivity index (χ0v) is 22.2. The average molecular weight is 513 g/mol. The molecule has 0 amide bonds. The maximum atomic E-state index is 2.47. The van der Waals surface area contributed by atoms with Gasteiger partial charge in [0.05, 0.1) is 0 Å². The van der Waals surface area contributed by atoms with Crippen molar-refractivity contribution in [1.82, 2.24) is 9.13 Å². The quantitative estimate of drug-likeness (QED) is 0.217. The van der Waals surface area contributed by atoms with Gasteiger partial charge in [-0.25, -0.2) is 0 Å². The van der Waals surface area contributed by atoms with Crippen molar-refractivity contribution in [3.8, 4) is 11.1 Å². The van der Waals surface area contributed by atoms with Gasteiger partial charge < -0.3 is 9.13 Å². The van der Waals surface area contributed by atoms with E-state index < -0.39 is 0 Å². The Morgan fingerprint density at radius 1 is 0.325 bits per heavy atom. The summed E-state index contributed by atoms with van der Waals surface area (Å²) in [6, 6.07) is 53.0. The monoisotopic (exact) mass is 512 g/mol. The first-order valence-corrected chi connectivity index (χ1v) is 13.9. The zero-order chi connectivity index (χ0) is 26.5. The van der Waals surface area contributed by atoms with E-state index in [9.17, 15) is 0 Å². The lowest BCUT2D eigenvalue weighted by Gasteiger charge is -2.14. The highest BCUT2D eigenvalue weighted by Gasteiger charge is 2.14. The summed E-state index contributed by atoms with van der Waals surface area (Å²) < 4.78 is 4.94. The van der Waals surface area contributed by atoms with Crippen molar-refractivity contribution in [2.45, 2.75) is 13.1 Å². The molecule has 0 aliphatic carbocycles. The van der Waals surface area contributed by atoms with Gasteiger partial charge in [-0.3, -0.25) is 0 Å². The predicted octanol–water partition coefficient (Wildman–Crippen LogP) is 9.67. The van der Waals surface area contributed by atoms with E-state index in [2.05, 4.69) is 155 Å². The summed E-state index contributed by atoms with van der Waals surface area (Å²) in [6.07, 6.45) is 0. The standard InChI is InChI=1S/C38H28N2/c1-2-12-29(13-3-1)30-23-27(25-39-35-18-8-4-14-31(35)32-15-5-9-19-36(32)39)22-28(24-30)26-40-37-20-10-6-16-33(37)34-17-7-11-21-38(34)40/h1-24H,25-26H2. The molecule has 0 fully saturated rings. The summed E-state index contributed by atoms with van der Waals surface area (Å²) in [6.45, 7) is 1.63. The number of nitrogens with zero attached hydrogens (tertiary/aromatic N) is 2. The van der Waals surface area contributed by atoms with E-state index in [1.54, 1.807) is 0 Å². The van der Waals surface area contributed by atoms with E-state index in [0.717, 1.165) is 13.1 Å². The average Bonchev–Trinajstić information content (AvgIpc) is 3.51. The molecule has 0 unspecified atom stereocenters. The van der Waals surface area contributed by atoms with E-state index in [0.29, 0.717) is 0 Å². The van der Waals surface area contributed by atoms with Gasteiger partial charge in [0.2, 0.25) is 0 Å². The van der Waals surface area contributed by atoms with Gasteiger partial charge in [0.15, 0.2) is 0 Å². The van der Waals surface area contributed by atoms with Gasteiger partial charge in [-0.1, -0.05) is 109 Å². The zero-order valence-electron chi connectivity index (χ0n) is 22.2. The second-order valence-corrected chi connectivity index (χ2v) is 10.6. The fraction of sp³-hybridized carbons (Fsp3) is 0.0526. The molecule has 2 heterocycles. The lowest BCUT2D eigenvalue weighted by atomic mass is 9.99. The molecule has 0 saturated carbocycles. The Hall–Kier alpha value is -5.08. The Morgan fingerprint density at radius 3 is 1.07 bits per heavy atom. The van der Waals surface area contributed by atoms with E-state index >= 15 is 0 Å². The lowest BCUT2D eigenvalue weighted by molar-refractivity contribution is 0.845. The van der Waals surface area contributed by atoms with Crippen molar-refractivity contribution in [1.29, 1.82) is 0 Å². The van der Waals surface area contributed by atoms with Crippen LogP contribution in [0.25, 0.3) is 54.7 Å². The SMILES string of the molecule is c1ccc(-c2cc(Cn3c4ccccc4c4ccccc43)cc(Cn3c4ccccc4c4ccccc43)c2)cc1. The van der Waals surface area contributed by atoms with Crippen LogP contribution in [-0.4, -0.2) is 9.13 Å². The van der Waals surface area contributed by atoms with Crippen LogP contribution in [-0.2, 0) is 13.1 Å². The smallest absolute Gasteiger partial charge is 0.0494 e. The van der Waals surface area contributed by atoms with E-state index in [1.807, 2.05) is 0 Å². The molecular weight excluding hydrogens is 484 g/mol. The van der Waals surface area contributed by atoms with Gasteiger partial charge in [0.1, 0.15) is 0 Å². The van der Waals surface area contributed by atoms with E-state index in [4.69, 9.17) is 0 Å². The summed E-state index contributed by atoms with van der Waals surface area (Å²) >= 11 is 0. The predicted molar refractivity (Wildman–Crippen MR) is 169 cm³/mol. The van der Waals surface area contributed by atoms with E-state index in [-0.39, 0.29) is 0 Å². The molecule has 6 aromatic carbocycles. The first-order chi connectivity index (χ1) is 19.8. The van der Waals surface area contributed by atoms with Gasteiger partial charge in [-0.2, -0.15) is 0 Å². The number of benzene rings is 6. The molecule has 0 radical (unpaired) electrons. The summed E-state index contributed by atoms with van der Waals surface area (Å²) in [5, 5.41) is 5.23. The molecule has 2 heteroatoms. The van der Waals surface area contributed by atoms with Crippen LogP contribution < -0.4 is 0 Å². The molecule has 2 aromatic heterocycles. The van der Waals surface area contributed by atoms with Crippen LogP contribution in [0.3, 0.4) is 0 Å². The number of rotatable bonds is 5. The molecule has 190 valence electrons. The van der Waals surface area contributed by atoms with Gasteiger partial charge in [0, 0.05) is 56.7 Å². The molecule has 8 aromatic rings. The minimum Gasteiger partial charge on any atom is -0.336 e. The van der Waals surface area contributed by atoms with Gasteiger partial charge in [-0.15, -0.1) is 0 Å². The molecule has 0 aliphatic rings. The third-order valence-electron chi connectivity index (χ3n) is 8.20. The lowest BCUT2D eigenvalue weighted by Crippen LogP contribution is -2.04. The number of hydrogen-bond donors (Lipinski definition) is 0. The van der Waals surface area contributed by atoms with Crippen molar-refractivity contribution in [3.05, 3.63) is 157 Å². The summed E-state index contributed by atoms with van der Waals surface area (Å²) in [4.78, 5) is 0. The molecule has 2 nitrogen and oxygen atoms in total. The molecule has 0 bridgehead atoms. The maximum absolute atomic E-state index is 2.47. The van der Waals surface area contributed by atoms with Crippen LogP contribution in [0, 0.1) is 0 Å². The van der Waals surface area contributed by atoms with Crippen LogP contribution in [0.1, 0.15) is 11.1 Å². The van der Waals surface area contributed by atoms with Crippen molar-refractivity contribution in [2.75, 3.05) is 0 Å². The number of fused-ring (bicyclic) bond motifs is 6. The topological polar surface area (TPSA) is 9.86 Å². The van der Waals surface area contributed by atoms with Crippen LogP contribution >= 0.6 is 0 Å². The van der Waals surface area contributed by atoms with Crippen LogP contribution in [0.4, 0.5) is 0 Å². The van der Waals surface area contributed by atoms with Gasteiger partial charge in [-0.05, 0) is 58.7 Å². The summed E-state index contributed by atoms with van der Waals surface area (Å²) in [7, 11) is 0. The molecule has 0 saturated heterocycles. The number of aromatic nitrogens is 2.